The van der Waals surface area contributed by atoms with Gasteiger partial charge in [0.2, 0.25) is 0 Å². The Balaban J connectivity index is 2.32. The summed E-state index contributed by atoms with van der Waals surface area (Å²) in [6.45, 7) is 5.39. The number of benzene rings is 1. The van der Waals surface area contributed by atoms with Gasteiger partial charge in [0.1, 0.15) is 5.75 Å². The zero-order valence-electron chi connectivity index (χ0n) is 11.3. The first kappa shape index (κ1) is 13.1. The van der Waals surface area contributed by atoms with Crippen LogP contribution >= 0.6 is 0 Å². The second-order valence-electron chi connectivity index (χ2n) is 4.84. The largest absolute Gasteiger partial charge is 0.496 e. The lowest BCUT2D eigenvalue weighted by Crippen LogP contribution is -2.24. The van der Waals surface area contributed by atoms with Crippen LogP contribution in [0, 0.1) is 19.8 Å². The average Bonchev–Trinajstić information content (AvgIpc) is 2.42. The minimum Gasteiger partial charge on any atom is -0.496 e. The summed E-state index contributed by atoms with van der Waals surface area (Å²) in [5.41, 5.74) is 2.92. The second kappa shape index (κ2) is 5.53. The van der Waals surface area contributed by atoms with Crippen molar-refractivity contribution in [1.82, 2.24) is 0 Å². The Bertz CT molecular complexity index is 445. The predicted octanol–water partition coefficient (Wildman–Crippen LogP) is 2.92. The lowest BCUT2D eigenvalue weighted by molar-refractivity contribution is 0.0543. The number of carbonyl (C=O) groups excluding carboxylic acids is 1. The third kappa shape index (κ3) is 2.41. The summed E-state index contributed by atoms with van der Waals surface area (Å²) >= 11 is 0. The van der Waals surface area contributed by atoms with Gasteiger partial charge in [-0.3, -0.25) is 4.79 Å². The molecular weight excluding hydrogens is 228 g/mol. The normalized spacial score (nSPS) is 16.6. The van der Waals surface area contributed by atoms with Gasteiger partial charge in [0.05, 0.1) is 12.7 Å². The molecule has 0 atom stereocenters. The highest BCUT2D eigenvalue weighted by Gasteiger charge is 2.25. The maximum atomic E-state index is 12.5. The molecule has 1 saturated heterocycles. The van der Waals surface area contributed by atoms with Crippen molar-refractivity contribution in [2.45, 2.75) is 26.7 Å². The van der Waals surface area contributed by atoms with Crippen LogP contribution in [0.4, 0.5) is 0 Å². The first-order valence-electron chi connectivity index (χ1n) is 6.41. The Morgan fingerprint density at radius 2 is 1.94 bits per heavy atom. The van der Waals surface area contributed by atoms with E-state index in [4.69, 9.17) is 9.47 Å². The highest BCUT2D eigenvalue weighted by Crippen LogP contribution is 2.30. The number of ketones is 1. The molecule has 0 unspecified atom stereocenters. The first-order valence-corrected chi connectivity index (χ1v) is 6.41. The Morgan fingerprint density at radius 3 is 2.56 bits per heavy atom. The van der Waals surface area contributed by atoms with Gasteiger partial charge >= 0.3 is 0 Å². The standard InChI is InChI=1S/C15H20O3/c1-10-4-5-13(15(17-3)11(10)2)14(16)12-6-8-18-9-7-12/h4-5,12H,6-9H2,1-3H3. The molecule has 0 spiro atoms. The van der Waals surface area contributed by atoms with E-state index >= 15 is 0 Å². The van der Waals surface area contributed by atoms with Gasteiger partial charge in [-0.1, -0.05) is 6.07 Å². The summed E-state index contributed by atoms with van der Waals surface area (Å²) in [7, 11) is 1.63. The molecule has 0 N–H and O–H groups in total. The van der Waals surface area contributed by atoms with Crippen molar-refractivity contribution in [1.29, 1.82) is 0 Å². The molecule has 1 aliphatic heterocycles. The van der Waals surface area contributed by atoms with E-state index in [9.17, 15) is 4.79 Å². The molecule has 0 radical (unpaired) electrons. The van der Waals surface area contributed by atoms with Crippen LogP contribution in [0.3, 0.4) is 0 Å². The van der Waals surface area contributed by atoms with Crippen molar-refractivity contribution >= 4 is 5.78 Å². The molecule has 18 heavy (non-hydrogen) atoms. The van der Waals surface area contributed by atoms with E-state index in [1.165, 1.54) is 0 Å². The van der Waals surface area contributed by atoms with Crippen LogP contribution in [0.5, 0.6) is 5.75 Å². The molecule has 1 aromatic rings. The van der Waals surface area contributed by atoms with E-state index < -0.39 is 0 Å². The number of aryl methyl sites for hydroxylation is 1. The molecule has 1 aliphatic rings. The summed E-state index contributed by atoms with van der Waals surface area (Å²) in [6.07, 6.45) is 1.63. The molecule has 0 bridgehead atoms. The topological polar surface area (TPSA) is 35.5 Å². The highest BCUT2D eigenvalue weighted by molar-refractivity contribution is 6.00. The Labute approximate surface area is 108 Å². The number of methoxy groups -OCH3 is 1. The van der Waals surface area contributed by atoms with Gasteiger partial charge in [-0.15, -0.1) is 0 Å². The second-order valence-corrected chi connectivity index (χ2v) is 4.84. The number of Topliss-reactive ketones (excluding diaryl/α,β-unsaturated/α-hetero) is 1. The van der Waals surface area contributed by atoms with Crippen molar-refractivity contribution in [3.8, 4) is 5.75 Å². The molecule has 0 aromatic heterocycles. The molecule has 0 saturated carbocycles. The number of carbonyl (C=O) groups is 1. The van der Waals surface area contributed by atoms with Crippen molar-refractivity contribution in [3.63, 3.8) is 0 Å². The van der Waals surface area contributed by atoms with Crippen LogP contribution in [0.25, 0.3) is 0 Å². The van der Waals surface area contributed by atoms with Crippen molar-refractivity contribution < 1.29 is 14.3 Å². The summed E-state index contributed by atoms with van der Waals surface area (Å²) in [6, 6.07) is 3.88. The molecule has 3 nitrogen and oxygen atoms in total. The van der Waals surface area contributed by atoms with Gasteiger partial charge in [0, 0.05) is 19.1 Å². The minimum atomic E-state index is 0.0785. The molecule has 1 aromatic carbocycles. The van der Waals surface area contributed by atoms with Crippen LogP contribution in [0.15, 0.2) is 12.1 Å². The van der Waals surface area contributed by atoms with Gasteiger partial charge in [-0.25, -0.2) is 0 Å². The fourth-order valence-corrected chi connectivity index (χ4v) is 2.43. The molecule has 1 heterocycles. The van der Waals surface area contributed by atoms with Gasteiger partial charge in [-0.05, 0) is 43.9 Å². The third-order valence-electron chi connectivity index (χ3n) is 3.74. The average molecular weight is 248 g/mol. The summed E-state index contributed by atoms with van der Waals surface area (Å²) in [5.74, 6) is 1.000. The van der Waals surface area contributed by atoms with Crippen LogP contribution in [0.1, 0.15) is 34.3 Å². The summed E-state index contributed by atoms with van der Waals surface area (Å²) < 4.78 is 10.7. The number of hydrogen-bond acceptors (Lipinski definition) is 3. The predicted molar refractivity (Wildman–Crippen MR) is 70.3 cm³/mol. The Kier molecular flexibility index (Phi) is 4.02. The number of rotatable bonds is 3. The van der Waals surface area contributed by atoms with Gasteiger partial charge < -0.3 is 9.47 Å². The fourth-order valence-electron chi connectivity index (χ4n) is 2.43. The van der Waals surface area contributed by atoms with Crippen molar-refractivity contribution in [2.75, 3.05) is 20.3 Å². The van der Waals surface area contributed by atoms with Crippen LogP contribution < -0.4 is 4.74 Å². The lowest BCUT2D eigenvalue weighted by Gasteiger charge is -2.22. The van der Waals surface area contributed by atoms with E-state index in [1.807, 2.05) is 26.0 Å². The Hall–Kier alpha value is -1.35. The molecule has 1 fully saturated rings. The molecular formula is C15H20O3. The number of ether oxygens (including phenoxy) is 2. The highest BCUT2D eigenvalue weighted by atomic mass is 16.5. The molecule has 2 rings (SSSR count). The lowest BCUT2D eigenvalue weighted by atomic mass is 9.89. The van der Waals surface area contributed by atoms with Crippen LogP contribution in [-0.4, -0.2) is 26.1 Å². The monoisotopic (exact) mass is 248 g/mol. The van der Waals surface area contributed by atoms with Crippen molar-refractivity contribution in [2.24, 2.45) is 5.92 Å². The number of hydrogen-bond donors (Lipinski definition) is 0. The van der Waals surface area contributed by atoms with Crippen LogP contribution in [0.2, 0.25) is 0 Å². The van der Waals surface area contributed by atoms with E-state index in [0.29, 0.717) is 18.8 Å². The third-order valence-corrected chi connectivity index (χ3v) is 3.74. The van der Waals surface area contributed by atoms with Gasteiger partial charge in [-0.2, -0.15) is 0 Å². The van der Waals surface area contributed by atoms with E-state index in [1.54, 1.807) is 7.11 Å². The maximum Gasteiger partial charge on any atom is 0.169 e. The SMILES string of the molecule is COc1c(C(=O)C2CCOCC2)ccc(C)c1C. The van der Waals surface area contributed by atoms with Gasteiger partial charge in [0.15, 0.2) is 5.78 Å². The maximum absolute atomic E-state index is 12.5. The zero-order chi connectivity index (χ0) is 13.1. The fraction of sp³-hybridized carbons (Fsp3) is 0.533. The van der Waals surface area contributed by atoms with E-state index in [2.05, 4.69) is 0 Å². The van der Waals surface area contributed by atoms with Crippen molar-refractivity contribution in [3.05, 3.63) is 28.8 Å². The quantitative estimate of drug-likeness (QED) is 0.771. The van der Waals surface area contributed by atoms with Crippen LogP contribution in [-0.2, 0) is 4.74 Å². The molecule has 0 amide bonds. The molecule has 98 valence electrons. The molecule has 3 heteroatoms. The van der Waals surface area contributed by atoms with Gasteiger partial charge in [0.25, 0.3) is 0 Å². The minimum absolute atomic E-state index is 0.0785. The molecule has 0 aliphatic carbocycles. The summed E-state index contributed by atoms with van der Waals surface area (Å²) in [4.78, 5) is 12.5. The Morgan fingerprint density at radius 1 is 1.28 bits per heavy atom. The smallest absolute Gasteiger partial charge is 0.169 e. The summed E-state index contributed by atoms with van der Waals surface area (Å²) in [5, 5.41) is 0. The first-order chi connectivity index (χ1) is 8.65. The van der Waals surface area contributed by atoms with E-state index in [0.717, 1.165) is 29.7 Å². The zero-order valence-corrected chi connectivity index (χ0v) is 11.3. The van der Waals surface area contributed by atoms with E-state index in [-0.39, 0.29) is 11.7 Å².